The van der Waals surface area contributed by atoms with E-state index in [1.807, 2.05) is 6.92 Å². The zero-order valence-corrected chi connectivity index (χ0v) is 12.1. The van der Waals surface area contributed by atoms with Gasteiger partial charge < -0.3 is 5.11 Å². The normalized spacial score (nSPS) is 10.7. The van der Waals surface area contributed by atoms with E-state index in [0.29, 0.717) is 17.8 Å². The van der Waals surface area contributed by atoms with Gasteiger partial charge in [0, 0.05) is 24.4 Å². The maximum atomic E-state index is 12.0. The summed E-state index contributed by atoms with van der Waals surface area (Å²) in [6.45, 7) is 2.56. The Kier molecular flexibility index (Phi) is 3.67. The minimum Gasteiger partial charge on any atom is -0.476 e. The van der Waals surface area contributed by atoms with Gasteiger partial charge in [-0.3, -0.25) is 9.78 Å². The molecular weight excluding hydrogens is 300 g/mol. The highest BCUT2D eigenvalue weighted by Crippen LogP contribution is 2.19. The van der Waals surface area contributed by atoms with Gasteiger partial charge in [-0.25, -0.2) is 9.48 Å². The van der Waals surface area contributed by atoms with E-state index in [0.717, 1.165) is 22.5 Å². The molecule has 0 bridgehead atoms. The number of carboxylic acid groups (broad SMARTS) is 1. The molecule has 0 atom stereocenters. The van der Waals surface area contributed by atoms with Gasteiger partial charge >= 0.3 is 5.97 Å². The monoisotopic (exact) mass is 312 g/mol. The van der Waals surface area contributed by atoms with Crippen LogP contribution in [0, 0.1) is 0 Å². The lowest BCUT2D eigenvalue weighted by molar-refractivity contribution is 0.0688. The molecule has 0 aliphatic carbocycles. The third-order valence-electron chi connectivity index (χ3n) is 3.20. The molecule has 0 spiro atoms. The van der Waals surface area contributed by atoms with Crippen LogP contribution in [0.2, 0.25) is 0 Å². The van der Waals surface area contributed by atoms with Crippen LogP contribution in [0.15, 0.2) is 41.6 Å². The zero-order valence-electron chi connectivity index (χ0n) is 12.1. The maximum Gasteiger partial charge on any atom is 0.356 e. The lowest BCUT2D eigenvalue weighted by atomic mass is 10.2. The van der Waals surface area contributed by atoms with Gasteiger partial charge in [-0.15, -0.1) is 5.10 Å². The summed E-state index contributed by atoms with van der Waals surface area (Å²) in [4.78, 5) is 27.1. The van der Waals surface area contributed by atoms with Gasteiger partial charge in [0.05, 0.1) is 23.8 Å². The fourth-order valence-electron chi connectivity index (χ4n) is 2.11. The van der Waals surface area contributed by atoms with Gasteiger partial charge in [-0.05, 0) is 19.1 Å². The van der Waals surface area contributed by atoms with Crippen molar-refractivity contribution in [1.82, 2.24) is 29.8 Å². The number of carbonyl (C=O) groups is 1. The Hall–Kier alpha value is -3.36. The molecular formula is C14H12N6O3. The smallest absolute Gasteiger partial charge is 0.356 e. The van der Waals surface area contributed by atoms with E-state index in [2.05, 4.69) is 20.4 Å². The Morgan fingerprint density at radius 2 is 2.09 bits per heavy atom. The molecule has 0 aliphatic rings. The van der Waals surface area contributed by atoms with Crippen LogP contribution in [-0.2, 0) is 6.54 Å². The molecule has 0 aliphatic heterocycles. The van der Waals surface area contributed by atoms with Crippen LogP contribution >= 0.6 is 0 Å². The number of carboxylic acids is 1. The second kappa shape index (κ2) is 5.79. The lowest BCUT2D eigenvalue weighted by Gasteiger charge is -2.07. The molecule has 3 aromatic rings. The topological polar surface area (TPSA) is 116 Å². The number of aromatic nitrogens is 6. The van der Waals surface area contributed by atoms with Gasteiger partial charge in [0.2, 0.25) is 0 Å². The summed E-state index contributed by atoms with van der Waals surface area (Å²) in [6.07, 6.45) is 4.64. The molecule has 0 saturated heterocycles. The molecule has 0 saturated carbocycles. The first kappa shape index (κ1) is 14.6. The van der Waals surface area contributed by atoms with E-state index in [9.17, 15) is 9.59 Å². The quantitative estimate of drug-likeness (QED) is 0.750. The highest BCUT2D eigenvalue weighted by Gasteiger charge is 2.11. The van der Waals surface area contributed by atoms with Gasteiger partial charge in [0.25, 0.3) is 5.56 Å². The van der Waals surface area contributed by atoms with Crippen LogP contribution in [-0.4, -0.2) is 40.8 Å². The van der Waals surface area contributed by atoms with Gasteiger partial charge in [0.15, 0.2) is 5.69 Å². The van der Waals surface area contributed by atoms with E-state index in [-0.39, 0.29) is 5.69 Å². The highest BCUT2D eigenvalue weighted by atomic mass is 16.4. The molecule has 3 rings (SSSR count). The van der Waals surface area contributed by atoms with Crippen molar-refractivity contribution in [1.29, 1.82) is 0 Å². The third kappa shape index (κ3) is 2.71. The Morgan fingerprint density at radius 3 is 2.83 bits per heavy atom. The number of aromatic carboxylic acids is 1. The zero-order chi connectivity index (χ0) is 16.4. The minimum atomic E-state index is -1.21. The number of aryl methyl sites for hydroxylation is 1. The van der Waals surface area contributed by atoms with Crippen molar-refractivity contribution in [2.75, 3.05) is 0 Å². The van der Waals surface area contributed by atoms with Crippen molar-refractivity contribution in [3.8, 4) is 16.9 Å². The SMILES string of the molecule is CCn1nncc1-c1cncc(-n2nc(C(=O)O)ccc2=O)c1. The molecule has 0 aromatic carbocycles. The number of pyridine rings is 1. The van der Waals surface area contributed by atoms with Crippen LogP contribution in [0.4, 0.5) is 0 Å². The summed E-state index contributed by atoms with van der Waals surface area (Å²) in [5.74, 6) is -1.21. The van der Waals surface area contributed by atoms with Crippen molar-refractivity contribution in [3.05, 3.63) is 52.8 Å². The summed E-state index contributed by atoms with van der Waals surface area (Å²) >= 11 is 0. The van der Waals surface area contributed by atoms with Crippen molar-refractivity contribution in [2.45, 2.75) is 13.5 Å². The molecule has 9 heteroatoms. The van der Waals surface area contributed by atoms with E-state index >= 15 is 0 Å². The van der Waals surface area contributed by atoms with Crippen LogP contribution in [0.1, 0.15) is 17.4 Å². The molecule has 0 amide bonds. The standard InChI is InChI=1S/C14H12N6O3/c1-2-19-12(8-16-18-19)9-5-10(7-15-6-9)20-13(21)4-3-11(17-20)14(22)23/h3-8H,2H2,1H3,(H,22,23). The Labute approximate surface area is 129 Å². The molecule has 0 radical (unpaired) electrons. The second-order valence-electron chi connectivity index (χ2n) is 4.64. The van der Waals surface area contributed by atoms with Crippen LogP contribution in [0.5, 0.6) is 0 Å². The average Bonchev–Trinajstić information content (AvgIpc) is 3.04. The maximum absolute atomic E-state index is 12.0. The predicted molar refractivity (Wildman–Crippen MR) is 79.3 cm³/mol. The second-order valence-corrected chi connectivity index (χ2v) is 4.64. The van der Waals surface area contributed by atoms with Gasteiger partial charge in [-0.2, -0.15) is 9.78 Å². The Bertz CT molecular complexity index is 930. The number of nitrogens with zero attached hydrogens (tertiary/aromatic N) is 6. The van der Waals surface area contributed by atoms with Crippen LogP contribution < -0.4 is 5.56 Å². The third-order valence-corrected chi connectivity index (χ3v) is 3.20. The molecule has 3 heterocycles. The summed E-state index contributed by atoms with van der Waals surface area (Å²) < 4.78 is 2.69. The molecule has 116 valence electrons. The molecule has 3 aromatic heterocycles. The summed E-state index contributed by atoms with van der Waals surface area (Å²) in [5.41, 5.74) is 1.12. The molecule has 0 fully saturated rings. The Morgan fingerprint density at radius 1 is 1.26 bits per heavy atom. The summed E-state index contributed by atoms with van der Waals surface area (Å²) in [5, 5.41) is 20.6. The van der Waals surface area contributed by atoms with Crippen LogP contribution in [0.25, 0.3) is 16.9 Å². The number of rotatable bonds is 4. The van der Waals surface area contributed by atoms with Crippen molar-refractivity contribution < 1.29 is 9.90 Å². The molecule has 9 nitrogen and oxygen atoms in total. The number of hydrogen-bond donors (Lipinski definition) is 1. The van der Waals surface area contributed by atoms with Gasteiger partial charge in [0.1, 0.15) is 0 Å². The average molecular weight is 312 g/mol. The first-order chi connectivity index (χ1) is 11.1. The largest absolute Gasteiger partial charge is 0.476 e. The summed E-state index contributed by atoms with van der Waals surface area (Å²) in [7, 11) is 0. The Balaban J connectivity index is 2.12. The molecule has 23 heavy (non-hydrogen) atoms. The fourth-order valence-corrected chi connectivity index (χ4v) is 2.11. The first-order valence-electron chi connectivity index (χ1n) is 6.78. The molecule has 0 unspecified atom stereocenters. The van der Waals surface area contributed by atoms with E-state index in [1.54, 1.807) is 23.1 Å². The number of hydrogen-bond acceptors (Lipinski definition) is 6. The van der Waals surface area contributed by atoms with E-state index in [4.69, 9.17) is 5.11 Å². The van der Waals surface area contributed by atoms with Crippen LogP contribution in [0.3, 0.4) is 0 Å². The van der Waals surface area contributed by atoms with Crippen molar-refractivity contribution in [3.63, 3.8) is 0 Å². The fraction of sp³-hybridized carbons (Fsp3) is 0.143. The van der Waals surface area contributed by atoms with E-state index < -0.39 is 11.5 Å². The highest BCUT2D eigenvalue weighted by molar-refractivity contribution is 5.84. The first-order valence-corrected chi connectivity index (χ1v) is 6.78. The molecule has 1 N–H and O–H groups in total. The van der Waals surface area contributed by atoms with Gasteiger partial charge in [-0.1, -0.05) is 5.21 Å². The minimum absolute atomic E-state index is 0.227. The van der Waals surface area contributed by atoms with Crippen molar-refractivity contribution in [2.24, 2.45) is 0 Å². The van der Waals surface area contributed by atoms with E-state index in [1.165, 1.54) is 6.20 Å². The van der Waals surface area contributed by atoms with Crippen molar-refractivity contribution >= 4 is 5.97 Å². The predicted octanol–water partition coefficient (Wildman–Crippen LogP) is 0.604. The summed E-state index contributed by atoms with van der Waals surface area (Å²) in [6, 6.07) is 3.99. The lowest BCUT2D eigenvalue weighted by Crippen LogP contribution is -2.22.